The van der Waals surface area contributed by atoms with E-state index in [-0.39, 0.29) is 12.5 Å². The number of terminal acetylenes is 1. The Labute approximate surface area is 124 Å². The fraction of sp³-hybridized carbons (Fsp3) is 0.312. The van der Waals surface area contributed by atoms with Crippen LogP contribution in [-0.2, 0) is 4.79 Å². The minimum Gasteiger partial charge on any atom is -0.481 e. The molecule has 4 heteroatoms. The molecule has 0 saturated carbocycles. The third-order valence-corrected chi connectivity index (χ3v) is 3.50. The van der Waals surface area contributed by atoms with E-state index in [1.807, 2.05) is 37.3 Å². The molecule has 2 rings (SSSR count). The zero-order valence-corrected chi connectivity index (χ0v) is 12.1. The highest BCUT2D eigenvalue weighted by Crippen LogP contribution is 2.28. The van der Waals surface area contributed by atoms with Crippen LogP contribution in [0.15, 0.2) is 30.3 Å². The number of rotatable bonds is 4. The molecule has 1 aliphatic heterocycles. The fourth-order valence-electron chi connectivity index (χ4n) is 2.16. The average molecular weight is 290 g/mol. The maximum absolute atomic E-state index is 12.1. The second-order valence-electron chi connectivity index (χ2n) is 4.39. The van der Waals surface area contributed by atoms with Gasteiger partial charge in [0.05, 0.1) is 0 Å². The first kappa shape index (κ1) is 14.5. The summed E-state index contributed by atoms with van der Waals surface area (Å²) in [6.07, 6.45) is 7.70. The van der Waals surface area contributed by atoms with Gasteiger partial charge in [0.25, 0.3) is 0 Å². The summed E-state index contributed by atoms with van der Waals surface area (Å²) < 4.78 is 5.33. The molecule has 1 aromatic rings. The van der Waals surface area contributed by atoms with Gasteiger partial charge in [-0.25, -0.2) is 0 Å². The minimum absolute atomic E-state index is 0.0423. The number of halogens is 1. The highest BCUT2D eigenvalue weighted by atomic mass is 35.5. The Morgan fingerprint density at radius 3 is 2.75 bits per heavy atom. The van der Waals surface area contributed by atoms with Crippen LogP contribution in [0.1, 0.15) is 18.9 Å². The molecule has 0 bridgehead atoms. The number of benzene rings is 1. The predicted octanol–water partition coefficient (Wildman–Crippen LogP) is 2.90. The molecule has 3 nitrogen and oxygen atoms in total. The topological polar surface area (TPSA) is 29.5 Å². The van der Waals surface area contributed by atoms with E-state index in [1.54, 1.807) is 4.90 Å². The number of hydrogen-bond donors (Lipinski definition) is 0. The van der Waals surface area contributed by atoms with Gasteiger partial charge in [-0.2, -0.15) is 0 Å². The molecular weight excluding hydrogens is 274 g/mol. The Bertz CT molecular complexity index is 557. The van der Waals surface area contributed by atoms with Crippen molar-refractivity contribution in [3.63, 3.8) is 0 Å². The zero-order chi connectivity index (χ0) is 14.5. The zero-order valence-electron chi connectivity index (χ0n) is 11.3. The molecule has 1 heterocycles. The van der Waals surface area contributed by atoms with Crippen LogP contribution in [0.25, 0.3) is 5.70 Å². The lowest BCUT2D eigenvalue weighted by atomic mass is 10.0. The maximum atomic E-state index is 12.1. The first-order valence-electron chi connectivity index (χ1n) is 6.49. The molecule has 1 unspecified atom stereocenters. The lowest BCUT2D eigenvalue weighted by molar-refractivity contribution is -0.127. The molecule has 0 aliphatic carbocycles. The second kappa shape index (κ2) is 6.49. The number of carbonyl (C=O) groups excluding carboxylic acids is 1. The van der Waals surface area contributed by atoms with Gasteiger partial charge in [-0.05, 0) is 43.2 Å². The monoisotopic (exact) mass is 289 g/mol. The molecule has 0 saturated heterocycles. The van der Waals surface area contributed by atoms with Crippen LogP contribution < -0.4 is 4.74 Å². The van der Waals surface area contributed by atoms with Crippen molar-refractivity contribution in [2.24, 2.45) is 0 Å². The smallest absolute Gasteiger partial charge is 0.245 e. The molecule has 1 aromatic carbocycles. The third kappa shape index (κ3) is 2.97. The van der Waals surface area contributed by atoms with Gasteiger partial charge in [0.15, 0.2) is 0 Å². The minimum atomic E-state index is -0.461. The predicted molar refractivity (Wildman–Crippen MR) is 80.4 cm³/mol. The van der Waals surface area contributed by atoms with E-state index in [9.17, 15) is 4.79 Å². The van der Waals surface area contributed by atoms with E-state index in [2.05, 4.69) is 5.92 Å². The first-order valence-corrected chi connectivity index (χ1v) is 6.93. The third-order valence-electron chi connectivity index (χ3n) is 3.13. The van der Waals surface area contributed by atoms with E-state index >= 15 is 0 Å². The second-order valence-corrected chi connectivity index (χ2v) is 4.92. The standard InChI is InChI=1S/C16H16ClNO2/c1-3-11-20-13-7-5-12(6-8-13)15-10-9-14(17)16(19)18(15)4-2/h1,5-8,10,14H,4,9,11H2,2H3. The maximum Gasteiger partial charge on any atom is 0.245 e. The van der Waals surface area contributed by atoms with Gasteiger partial charge in [-0.15, -0.1) is 18.0 Å². The van der Waals surface area contributed by atoms with Crippen LogP contribution in [0.4, 0.5) is 0 Å². The van der Waals surface area contributed by atoms with E-state index in [0.717, 1.165) is 11.3 Å². The van der Waals surface area contributed by atoms with Gasteiger partial charge in [0.2, 0.25) is 5.91 Å². The number of amides is 1. The molecule has 1 amide bonds. The van der Waals surface area contributed by atoms with Crippen LogP contribution in [-0.4, -0.2) is 29.3 Å². The highest BCUT2D eigenvalue weighted by Gasteiger charge is 2.28. The number of ether oxygens (including phenoxy) is 1. The molecule has 1 aliphatic rings. The number of hydrogen-bond acceptors (Lipinski definition) is 2. The molecule has 0 spiro atoms. The first-order chi connectivity index (χ1) is 9.67. The largest absolute Gasteiger partial charge is 0.481 e. The van der Waals surface area contributed by atoms with Crippen LogP contribution in [0.2, 0.25) is 0 Å². The Hall–Kier alpha value is -1.92. The van der Waals surface area contributed by atoms with Crippen molar-refractivity contribution in [3.8, 4) is 18.1 Å². The molecule has 1 atom stereocenters. The fourth-order valence-corrected chi connectivity index (χ4v) is 2.37. The summed E-state index contributed by atoms with van der Waals surface area (Å²) >= 11 is 6.00. The van der Waals surface area contributed by atoms with Gasteiger partial charge in [-0.1, -0.05) is 12.0 Å². The summed E-state index contributed by atoms with van der Waals surface area (Å²) in [5, 5.41) is -0.461. The summed E-state index contributed by atoms with van der Waals surface area (Å²) in [4.78, 5) is 13.8. The van der Waals surface area contributed by atoms with Gasteiger partial charge in [0.1, 0.15) is 17.7 Å². The Morgan fingerprint density at radius 1 is 1.45 bits per heavy atom. The van der Waals surface area contributed by atoms with Crippen molar-refractivity contribution < 1.29 is 9.53 Å². The Morgan fingerprint density at radius 2 is 2.15 bits per heavy atom. The molecule has 0 aromatic heterocycles. The molecule has 0 N–H and O–H groups in total. The van der Waals surface area contributed by atoms with Crippen molar-refractivity contribution in [1.29, 1.82) is 0 Å². The summed E-state index contributed by atoms with van der Waals surface area (Å²) in [5.74, 6) is 3.09. The van der Waals surface area contributed by atoms with E-state index in [0.29, 0.717) is 18.7 Å². The average Bonchev–Trinajstić information content (AvgIpc) is 2.48. The van der Waals surface area contributed by atoms with Crippen LogP contribution in [0.5, 0.6) is 5.75 Å². The van der Waals surface area contributed by atoms with Crippen LogP contribution in [0.3, 0.4) is 0 Å². The SMILES string of the molecule is C#CCOc1ccc(C2=CCC(Cl)C(=O)N2CC)cc1. The van der Waals surface area contributed by atoms with Gasteiger partial charge in [-0.3, -0.25) is 4.79 Å². The van der Waals surface area contributed by atoms with E-state index in [1.165, 1.54) is 0 Å². The number of allylic oxidation sites excluding steroid dienone is 1. The van der Waals surface area contributed by atoms with E-state index in [4.69, 9.17) is 22.8 Å². The number of carbonyl (C=O) groups is 1. The Kier molecular flexibility index (Phi) is 4.70. The van der Waals surface area contributed by atoms with Crippen molar-refractivity contribution in [1.82, 2.24) is 4.90 Å². The van der Waals surface area contributed by atoms with Crippen LogP contribution in [0, 0.1) is 12.3 Å². The van der Waals surface area contributed by atoms with Gasteiger partial charge >= 0.3 is 0 Å². The van der Waals surface area contributed by atoms with Crippen molar-refractivity contribution >= 4 is 23.2 Å². The lowest BCUT2D eigenvalue weighted by Crippen LogP contribution is -2.38. The van der Waals surface area contributed by atoms with Crippen molar-refractivity contribution in [3.05, 3.63) is 35.9 Å². The van der Waals surface area contributed by atoms with Gasteiger partial charge < -0.3 is 9.64 Å². The quantitative estimate of drug-likeness (QED) is 0.630. The molecular formula is C16H16ClNO2. The Balaban J connectivity index is 2.22. The summed E-state index contributed by atoms with van der Waals surface area (Å²) in [6.45, 7) is 2.78. The normalized spacial score (nSPS) is 18.4. The van der Waals surface area contributed by atoms with Gasteiger partial charge in [0, 0.05) is 12.2 Å². The molecule has 20 heavy (non-hydrogen) atoms. The van der Waals surface area contributed by atoms with E-state index < -0.39 is 5.38 Å². The van der Waals surface area contributed by atoms with Crippen LogP contribution >= 0.6 is 11.6 Å². The lowest BCUT2D eigenvalue weighted by Gasteiger charge is -2.30. The number of alkyl halides is 1. The summed E-state index contributed by atoms with van der Waals surface area (Å²) in [6, 6.07) is 7.53. The highest BCUT2D eigenvalue weighted by molar-refractivity contribution is 6.31. The summed E-state index contributed by atoms with van der Waals surface area (Å²) in [5.41, 5.74) is 1.87. The van der Waals surface area contributed by atoms with Crippen molar-refractivity contribution in [2.75, 3.05) is 13.2 Å². The van der Waals surface area contributed by atoms with Crippen molar-refractivity contribution in [2.45, 2.75) is 18.7 Å². The molecule has 0 fully saturated rings. The molecule has 0 radical (unpaired) electrons. The number of nitrogens with zero attached hydrogens (tertiary/aromatic N) is 1. The summed E-state index contributed by atoms with van der Waals surface area (Å²) in [7, 11) is 0. The molecule has 104 valence electrons.